The molecule has 0 radical (unpaired) electrons. The number of halogens is 1. The molecule has 1 unspecified atom stereocenters. The summed E-state index contributed by atoms with van der Waals surface area (Å²) in [5, 5.41) is 4.18. The molecular formula is C14H19BrN4. The lowest BCUT2D eigenvalue weighted by molar-refractivity contribution is 0.514. The number of hydrogen-bond donors (Lipinski definition) is 2. The zero-order valence-electron chi connectivity index (χ0n) is 11.2. The molecule has 0 aliphatic carbocycles. The van der Waals surface area contributed by atoms with Crippen LogP contribution in [-0.2, 0) is 13.5 Å². The molecule has 5 heteroatoms. The van der Waals surface area contributed by atoms with E-state index in [0.29, 0.717) is 0 Å². The number of aromatic nitrogens is 2. The maximum atomic E-state index is 5.71. The van der Waals surface area contributed by atoms with E-state index >= 15 is 0 Å². The monoisotopic (exact) mass is 322 g/mol. The van der Waals surface area contributed by atoms with Crippen LogP contribution in [0, 0.1) is 6.92 Å². The summed E-state index contributed by atoms with van der Waals surface area (Å²) < 4.78 is 2.94. The Morgan fingerprint density at radius 3 is 2.89 bits per heavy atom. The van der Waals surface area contributed by atoms with Crippen molar-refractivity contribution in [2.75, 3.05) is 0 Å². The molecule has 0 saturated carbocycles. The summed E-state index contributed by atoms with van der Waals surface area (Å²) in [6.45, 7) is 2.10. The highest BCUT2D eigenvalue weighted by molar-refractivity contribution is 9.10. The number of benzene rings is 1. The fourth-order valence-corrected chi connectivity index (χ4v) is 2.62. The molecule has 0 bridgehead atoms. The van der Waals surface area contributed by atoms with E-state index in [4.69, 9.17) is 5.84 Å². The van der Waals surface area contributed by atoms with E-state index in [-0.39, 0.29) is 6.04 Å². The second-order valence-corrected chi connectivity index (χ2v) is 5.59. The summed E-state index contributed by atoms with van der Waals surface area (Å²) in [5.74, 6) is 5.71. The van der Waals surface area contributed by atoms with E-state index in [1.54, 1.807) is 0 Å². The van der Waals surface area contributed by atoms with Crippen molar-refractivity contribution in [2.24, 2.45) is 12.9 Å². The van der Waals surface area contributed by atoms with Crippen molar-refractivity contribution in [1.82, 2.24) is 15.2 Å². The van der Waals surface area contributed by atoms with E-state index in [1.165, 1.54) is 16.7 Å². The zero-order chi connectivity index (χ0) is 13.8. The molecule has 102 valence electrons. The Balaban J connectivity index is 2.09. The van der Waals surface area contributed by atoms with Crippen molar-refractivity contribution in [2.45, 2.75) is 25.8 Å². The minimum Gasteiger partial charge on any atom is -0.276 e. The van der Waals surface area contributed by atoms with Crippen LogP contribution in [0.5, 0.6) is 0 Å². The Morgan fingerprint density at radius 1 is 1.47 bits per heavy atom. The molecule has 2 rings (SSSR count). The molecule has 2 aromatic rings. The summed E-state index contributed by atoms with van der Waals surface area (Å²) >= 11 is 3.56. The standard InChI is InChI=1S/C14H19BrN4/c1-10-12(4-3-5-13(10)15)14(18-16)7-6-11-8-17-19(2)9-11/h3-5,8-9,14,18H,6-7,16H2,1-2H3. The van der Waals surface area contributed by atoms with Gasteiger partial charge >= 0.3 is 0 Å². The maximum absolute atomic E-state index is 5.71. The highest BCUT2D eigenvalue weighted by atomic mass is 79.9. The fraction of sp³-hybridized carbons (Fsp3) is 0.357. The quantitative estimate of drug-likeness (QED) is 0.657. The van der Waals surface area contributed by atoms with Crippen molar-refractivity contribution in [3.8, 4) is 0 Å². The van der Waals surface area contributed by atoms with E-state index < -0.39 is 0 Å². The maximum Gasteiger partial charge on any atom is 0.0521 e. The first kappa shape index (κ1) is 14.2. The van der Waals surface area contributed by atoms with Crippen LogP contribution in [0.1, 0.15) is 29.2 Å². The molecule has 0 spiro atoms. The van der Waals surface area contributed by atoms with Crippen LogP contribution in [-0.4, -0.2) is 9.78 Å². The van der Waals surface area contributed by atoms with Gasteiger partial charge in [-0.15, -0.1) is 0 Å². The van der Waals surface area contributed by atoms with Gasteiger partial charge in [0.2, 0.25) is 0 Å². The number of nitrogens with two attached hydrogens (primary N) is 1. The van der Waals surface area contributed by atoms with Gasteiger partial charge in [-0.3, -0.25) is 16.0 Å². The average molecular weight is 323 g/mol. The van der Waals surface area contributed by atoms with Crippen molar-refractivity contribution in [1.29, 1.82) is 0 Å². The zero-order valence-corrected chi connectivity index (χ0v) is 12.8. The first-order valence-corrected chi connectivity index (χ1v) is 7.09. The Labute approximate surface area is 122 Å². The summed E-state index contributed by atoms with van der Waals surface area (Å²) in [7, 11) is 1.93. The number of hydrazine groups is 1. The first-order chi connectivity index (χ1) is 9.11. The number of nitrogens with one attached hydrogen (secondary N) is 1. The summed E-state index contributed by atoms with van der Waals surface area (Å²) in [4.78, 5) is 0. The second-order valence-electron chi connectivity index (χ2n) is 4.73. The van der Waals surface area contributed by atoms with Crippen molar-refractivity contribution >= 4 is 15.9 Å². The molecular weight excluding hydrogens is 304 g/mol. The Morgan fingerprint density at radius 2 is 2.26 bits per heavy atom. The van der Waals surface area contributed by atoms with Gasteiger partial charge < -0.3 is 0 Å². The van der Waals surface area contributed by atoms with Gasteiger partial charge in [-0.1, -0.05) is 28.1 Å². The van der Waals surface area contributed by atoms with Crippen LogP contribution in [0.25, 0.3) is 0 Å². The molecule has 1 heterocycles. The molecule has 4 nitrogen and oxygen atoms in total. The van der Waals surface area contributed by atoms with Crippen LogP contribution in [0.2, 0.25) is 0 Å². The Bertz CT molecular complexity index is 550. The predicted molar refractivity (Wildman–Crippen MR) is 80.5 cm³/mol. The molecule has 19 heavy (non-hydrogen) atoms. The normalized spacial score (nSPS) is 12.6. The minimum absolute atomic E-state index is 0.151. The molecule has 1 atom stereocenters. The molecule has 0 saturated heterocycles. The number of nitrogens with zero attached hydrogens (tertiary/aromatic N) is 2. The van der Waals surface area contributed by atoms with Crippen LogP contribution in [0.3, 0.4) is 0 Å². The number of hydrogen-bond acceptors (Lipinski definition) is 3. The third kappa shape index (κ3) is 3.43. The van der Waals surface area contributed by atoms with E-state index in [9.17, 15) is 0 Å². The van der Waals surface area contributed by atoms with E-state index in [0.717, 1.165) is 17.3 Å². The van der Waals surface area contributed by atoms with Gasteiger partial charge in [-0.05, 0) is 42.5 Å². The molecule has 0 aliphatic heterocycles. The van der Waals surface area contributed by atoms with Gasteiger partial charge in [0.25, 0.3) is 0 Å². The van der Waals surface area contributed by atoms with Gasteiger partial charge in [0.05, 0.1) is 6.20 Å². The van der Waals surface area contributed by atoms with Gasteiger partial charge in [-0.2, -0.15) is 5.10 Å². The molecule has 0 amide bonds. The van der Waals surface area contributed by atoms with Crippen molar-refractivity contribution in [3.63, 3.8) is 0 Å². The lowest BCUT2D eigenvalue weighted by atomic mass is 9.97. The summed E-state index contributed by atoms with van der Waals surface area (Å²) in [6.07, 6.45) is 5.84. The Hall–Kier alpha value is -1.17. The van der Waals surface area contributed by atoms with Gasteiger partial charge in [0, 0.05) is 23.8 Å². The van der Waals surface area contributed by atoms with Gasteiger partial charge in [0.1, 0.15) is 0 Å². The van der Waals surface area contributed by atoms with Crippen LogP contribution < -0.4 is 11.3 Å². The smallest absolute Gasteiger partial charge is 0.0521 e. The highest BCUT2D eigenvalue weighted by Gasteiger charge is 2.13. The highest BCUT2D eigenvalue weighted by Crippen LogP contribution is 2.26. The summed E-state index contributed by atoms with van der Waals surface area (Å²) in [6, 6.07) is 6.36. The largest absolute Gasteiger partial charge is 0.276 e. The van der Waals surface area contributed by atoms with Crippen molar-refractivity contribution < 1.29 is 0 Å². The van der Waals surface area contributed by atoms with Crippen molar-refractivity contribution in [3.05, 3.63) is 51.8 Å². The third-order valence-electron chi connectivity index (χ3n) is 3.37. The number of aryl methyl sites for hydroxylation is 2. The molecule has 1 aromatic carbocycles. The third-order valence-corrected chi connectivity index (χ3v) is 4.23. The fourth-order valence-electron chi connectivity index (χ4n) is 2.24. The molecule has 3 N–H and O–H groups in total. The second kappa shape index (κ2) is 6.32. The average Bonchev–Trinajstić information content (AvgIpc) is 2.81. The van der Waals surface area contributed by atoms with E-state index in [1.807, 2.05) is 36.3 Å². The van der Waals surface area contributed by atoms with Crippen LogP contribution in [0.15, 0.2) is 35.1 Å². The topological polar surface area (TPSA) is 55.9 Å². The first-order valence-electron chi connectivity index (χ1n) is 6.30. The molecule has 1 aromatic heterocycles. The molecule has 0 fully saturated rings. The van der Waals surface area contributed by atoms with Gasteiger partial charge in [-0.25, -0.2) is 0 Å². The SMILES string of the molecule is Cc1c(Br)cccc1C(CCc1cnn(C)c1)NN. The lowest BCUT2D eigenvalue weighted by Crippen LogP contribution is -2.29. The predicted octanol–water partition coefficient (Wildman–Crippen LogP) is 2.63. The van der Waals surface area contributed by atoms with Gasteiger partial charge in [0.15, 0.2) is 0 Å². The number of rotatable bonds is 5. The molecule has 0 aliphatic rings. The lowest BCUT2D eigenvalue weighted by Gasteiger charge is -2.19. The Kier molecular flexibility index (Phi) is 4.74. The van der Waals surface area contributed by atoms with Crippen LogP contribution in [0.4, 0.5) is 0 Å². The van der Waals surface area contributed by atoms with E-state index in [2.05, 4.69) is 39.4 Å². The van der Waals surface area contributed by atoms with Crippen LogP contribution >= 0.6 is 15.9 Å². The minimum atomic E-state index is 0.151. The summed E-state index contributed by atoms with van der Waals surface area (Å²) in [5.41, 5.74) is 6.62.